The van der Waals surface area contributed by atoms with E-state index in [2.05, 4.69) is 11.4 Å². The molecule has 0 atom stereocenters. The van der Waals surface area contributed by atoms with Gasteiger partial charge in [-0.15, -0.1) is 0 Å². The number of nitro groups is 1. The number of carbonyl (C=O) groups excluding carboxylic acids is 1. The molecule has 0 fully saturated rings. The molecule has 0 aliphatic heterocycles. The fourth-order valence-electron chi connectivity index (χ4n) is 2.12. The van der Waals surface area contributed by atoms with Crippen molar-refractivity contribution in [1.82, 2.24) is 5.32 Å². The number of benzene rings is 2. The molecule has 0 spiro atoms. The van der Waals surface area contributed by atoms with Gasteiger partial charge in [0.25, 0.3) is 5.91 Å². The van der Waals surface area contributed by atoms with E-state index >= 15 is 0 Å². The van der Waals surface area contributed by atoms with Crippen LogP contribution in [0.3, 0.4) is 0 Å². The minimum atomic E-state index is -0.553. The van der Waals surface area contributed by atoms with Crippen molar-refractivity contribution < 1.29 is 14.5 Å². The second kappa shape index (κ2) is 10.1. The van der Waals surface area contributed by atoms with E-state index in [9.17, 15) is 14.9 Å². The van der Waals surface area contributed by atoms with Gasteiger partial charge in [-0.3, -0.25) is 14.9 Å². The predicted molar refractivity (Wildman–Crippen MR) is 98.9 cm³/mol. The third-order valence-corrected chi connectivity index (χ3v) is 4.39. The summed E-state index contributed by atoms with van der Waals surface area (Å²) in [7, 11) is 0. The third-order valence-electron chi connectivity index (χ3n) is 3.38. The van der Waals surface area contributed by atoms with Gasteiger partial charge >= 0.3 is 5.69 Å². The summed E-state index contributed by atoms with van der Waals surface area (Å²) in [5.74, 6) is 1.08. The van der Waals surface area contributed by atoms with Gasteiger partial charge in [-0.2, -0.15) is 17.0 Å². The van der Waals surface area contributed by atoms with E-state index in [-0.39, 0.29) is 24.0 Å². The number of hydrogen-bond acceptors (Lipinski definition) is 6. The van der Waals surface area contributed by atoms with Gasteiger partial charge in [-0.1, -0.05) is 30.3 Å². The highest BCUT2D eigenvalue weighted by atomic mass is 32.2. The Labute approximate surface area is 155 Å². The summed E-state index contributed by atoms with van der Waals surface area (Å²) in [4.78, 5) is 22.1. The predicted octanol–water partition coefficient (Wildman–Crippen LogP) is 2.89. The van der Waals surface area contributed by atoms with E-state index in [1.54, 1.807) is 23.9 Å². The zero-order valence-electron chi connectivity index (χ0n) is 13.9. The number of hydrogen-bond donors (Lipinski definition) is 1. The summed E-state index contributed by atoms with van der Waals surface area (Å²) in [6.45, 7) is 0.158. The highest BCUT2D eigenvalue weighted by molar-refractivity contribution is 7.98. The molecule has 1 N–H and O–H groups in total. The van der Waals surface area contributed by atoms with Gasteiger partial charge in [0.2, 0.25) is 0 Å². The maximum absolute atomic E-state index is 11.8. The smallest absolute Gasteiger partial charge is 0.310 e. The van der Waals surface area contributed by atoms with Gasteiger partial charge in [-0.25, -0.2) is 0 Å². The summed E-state index contributed by atoms with van der Waals surface area (Å²) in [5, 5.41) is 22.6. The Bertz CT molecular complexity index is 820. The van der Waals surface area contributed by atoms with Crippen LogP contribution in [0.25, 0.3) is 0 Å². The molecular weight excluding hydrogens is 354 g/mol. The van der Waals surface area contributed by atoms with Crippen LogP contribution in [0, 0.1) is 21.4 Å². The summed E-state index contributed by atoms with van der Waals surface area (Å²) >= 11 is 1.60. The minimum Gasteiger partial charge on any atom is -0.477 e. The van der Waals surface area contributed by atoms with Crippen molar-refractivity contribution in [2.75, 3.05) is 18.9 Å². The van der Waals surface area contributed by atoms with Gasteiger partial charge < -0.3 is 10.1 Å². The molecule has 0 bridgehead atoms. The molecule has 7 nitrogen and oxygen atoms in total. The van der Waals surface area contributed by atoms with Crippen LogP contribution < -0.4 is 10.1 Å². The number of nitrogens with one attached hydrogen (secondary N) is 1. The molecule has 0 aliphatic rings. The zero-order valence-corrected chi connectivity index (χ0v) is 14.7. The highest BCUT2D eigenvalue weighted by Crippen LogP contribution is 2.25. The van der Waals surface area contributed by atoms with Crippen LogP contribution in [-0.4, -0.2) is 29.7 Å². The molecule has 2 rings (SSSR count). The zero-order chi connectivity index (χ0) is 18.8. The maximum atomic E-state index is 11.8. The Hall–Kier alpha value is -3.05. The van der Waals surface area contributed by atoms with Crippen LogP contribution in [0.4, 0.5) is 5.69 Å². The van der Waals surface area contributed by atoms with Crippen molar-refractivity contribution in [2.24, 2.45) is 0 Å². The normalized spacial score (nSPS) is 9.96. The van der Waals surface area contributed by atoms with Crippen molar-refractivity contribution in [1.29, 1.82) is 5.26 Å². The number of rotatable bonds is 9. The van der Waals surface area contributed by atoms with Crippen LogP contribution in [0.5, 0.6) is 5.75 Å². The molecular formula is C18H17N3O4S. The first-order chi connectivity index (χ1) is 12.6. The lowest BCUT2D eigenvalue weighted by atomic mass is 10.1. The van der Waals surface area contributed by atoms with Crippen LogP contribution in [0.2, 0.25) is 0 Å². The van der Waals surface area contributed by atoms with Crippen molar-refractivity contribution >= 4 is 23.4 Å². The standard InChI is InChI=1S/C18H17N3O4S/c19-11-14-5-1-2-6-15(14)13-26-10-9-20-18(22)12-25-17-8-4-3-7-16(17)21(23)24/h1-8H,9-10,12-13H2,(H,20,22). The number of nitriles is 1. The Morgan fingerprint density at radius 3 is 2.73 bits per heavy atom. The van der Waals surface area contributed by atoms with E-state index in [0.29, 0.717) is 23.6 Å². The third kappa shape index (κ3) is 5.79. The average molecular weight is 371 g/mol. The van der Waals surface area contributed by atoms with Crippen LogP contribution in [0.15, 0.2) is 48.5 Å². The largest absolute Gasteiger partial charge is 0.477 e. The lowest BCUT2D eigenvalue weighted by Gasteiger charge is -2.08. The Balaban J connectivity index is 1.68. The first-order valence-corrected chi connectivity index (χ1v) is 8.96. The topological polar surface area (TPSA) is 105 Å². The van der Waals surface area contributed by atoms with Crippen molar-refractivity contribution in [3.63, 3.8) is 0 Å². The van der Waals surface area contributed by atoms with Crippen molar-refractivity contribution in [3.05, 3.63) is 69.8 Å². The fourth-order valence-corrected chi connectivity index (χ4v) is 2.99. The van der Waals surface area contributed by atoms with Gasteiger partial charge in [0, 0.05) is 24.1 Å². The minimum absolute atomic E-state index is 0.0649. The molecule has 0 aliphatic carbocycles. The SMILES string of the molecule is N#Cc1ccccc1CSCCNC(=O)COc1ccccc1[N+](=O)[O-]. The van der Waals surface area contributed by atoms with Crippen LogP contribution >= 0.6 is 11.8 Å². The van der Waals surface area contributed by atoms with E-state index in [1.165, 1.54) is 18.2 Å². The number of nitrogens with zero attached hydrogens (tertiary/aromatic N) is 2. The molecule has 0 saturated heterocycles. The fraction of sp³-hybridized carbons (Fsp3) is 0.222. The molecule has 8 heteroatoms. The van der Waals surface area contributed by atoms with Crippen LogP contribution in [0.1, 0.15) is 11.1 Å². The second-order valence-electron chi connectivity index (χ2n) is 5.18. The first-order valence-electron chi connectivity index (χ1n) is 7.80. The molecule has 0 saturated carbocycles. The molecule has 0 radical (unpaired) electrons. The molecule has 134 valence electrons. The number of para-hydroxylation sites is 2. The Morgan fingerprint density at radius 1 is 1.23 bits per heavy atom. The van der Waals surface area contributed by atoms with Crippen molar-refractivity contribution in [3.8, 4) is 11.8 Å². The first kappa shape index (κ1) is 19.3. The number of amides is 1. The lowest BCUT2D eigenvalue weighted by Crippen LogP contribution is -2.30. The number of nitro benzene ring substituents is 1. The second-order valence-corrected chi connectivity index (χ2v) is 6.29. The highest BCUT2D eigenvalue weighted by Gasteiger charge is 2.14. The van der Waals surface area contributed by atoms with E-state index in [4.69, 9.17) is 10.00 Å². The quantitative estimate of drug-likeness (QED) is 0.413. The number of ether oxygens (including phenoxy) is 1. The summed E-state index contributed by atoms with van der Waals surface area (Å²) in [6, 6.07) is 15.5. The molecule has 2 aromatic carbocycles. The van der Waals surface area contributed by atoms with Gasteiger partial charge in [0.15, 0.2) is 12.4 Å². The van der Waals surface area contributed by atoms with Crippen LogP contribution in [-0.2, 0) is 10.5 Å². The average Bonchev–Trinajstić information content (AvgIpc) is 2.66. The number of carbonyl (C=O) groups is 1. The Kier molecular flexibility index (Phi) is 7.46. The van der Waals surface area contributed by atoms with Gasteiger partial charge in [-0.05, 0) is 17.7 Å². The molecule has 26 heavy (non-hydrogen) atoms. The lowest BCUT2D eigenvalue weighted by molar-refractivity contribution is -0.385. The van der Waals surface area contributed by atoms with Gasteiger partial charge in [0.05, 0.1) is 16.6 Å². The maximum Gasteiger partial charge on any atom is 0.310 e. The molecule has 1 amide bonds. The molecule has 0 aromatic heterocycles. The summed E-state index contributed by atoms with van der Waals surface area (Å²) < 4.78 is 5.22. The van der Waals surface area contributed by atoms with E-state index < -0.39 is 4.92 Å². The Morgan fingerprint density at radius 2 is 1.96 bits per heavy atom. The molecule has 2 aromatic rings. The number of thioether (sulfide) groups is 1. The van der Waals surface area contributed by atoms with Crippen molar-refractivity contribution in [2.45, 2.75) is 5.75 Å². The summed E-state index contributed by atoms with van der Waals surface area (Å²) in [6.07, 6.45) is 0. The summed E-state index contributed by atoms with van der Waals surface area (Å²) in [5.41, 5.74) is 1.44. The molecule has 0 heterocycles. The monoisotopic (exact) mass is 371 g/mol. The molecule has 0 unspecified atom stereocenters. The van der Waals surface area contributed by atoms with E-state index in [0.717, 1.165) is 5.56 Å². The van der Waals surface area contributed by atoms with E-state index in [1.807, 2.05) is 18.2 Å². The van der Waals surface area contributed by atoms with Gasteiger partial charge in [0.1, 0.15) is 0 Å².